The van der Waals surface area contributed by atoms with Gasteiger partial charge in [-0.15, -0.1) is 0 Å². The summed E-state index contributed by atoms with van der Waals surface area (Å²) in [4.78, 5) is 14.9. The van der Waals surface area contributed by atoms with Crippen LogP contribution in [0.2, 0.25) is 0 Å². The molecule has 0 spiro atoms. The molecule has 1 aromatic heterocycles. The molecule has 0 aliphatic heterocycles. The molecular formula is C17H19NO3. The van der Waals surface area contributed by atoms with Gasteiger partial charge in [-0.3, -0.25) is 9.78 Å². The van der Waals surface area contributed by atoms with Crippen LogP contribution >= 0.6 is 0 Å². The number of rotatable bonds is 6. The number of aliphatic carboxylic acids is 1. The Morgan fingerprint density at radius 2 is 1.86 bits per heavy atom. The Balaban J connectivity index is 2.38. The summed E-state index contributed by atoms with van der Waals surface area (Å²) in [5.74, 6) is -0.996. The van der Waals surface area contributed by atoms with Gasteiger partial charge in [0.05, 0.1) is 12.5 Å². The number of aliphatic hydroxyl groups excluding tert-OH is 1. The number of carboxylic acids is 1. The van der Waals surface area contributed by atoms with Crippen LogP contribution in [0.3, 0.4) is 0 Å². The van der Waals surface area contributed by atoms with Gasteiger partial charge in [-0.05, 0) is 23.6 Å². The van der Waals surface area contributed by atoms with Crippen molar-refractivity contribution in [3.63, 3.8) is 0 Å². The highest BCUT2D eigenvalue weighted by Crippen LogP contribution is 2.36. The highest BCUT2D eigenvalue weighted by Gasteiger charge is 2.32. The van der Waals surface area contributed by atoms with Crippen molar-refractivity contribution < 1.29 is 15.0 Å². The third kappa shape index (κ3) is 3.67. The molecule has 0 amide bonds. The molecule has 110 valence electrons. The Morgan fingerprint density at radius 1 is 1.19 bits per heavy atom. The second kappa shape index (κ2) is 6.50. The van der Waals surface area contributed by atoms with Crippen LogP contribution in [-0.4, -0.2) is 27.3 Å². The normalized spacial score (nSPS) is 15.1. The van der Waals surface area contributed by atoms with Gasteiger partial charge in [-0.1, -0.05) is 43.3 Å². The molecule has 21 heavy (non-hydrogen) atoms. The fourth-order valence-electron chi connectivity index (χ4n) is 2.64. The van der Waals surface area contributed by atoms with Gasteiger partial charge < -0.3 is 10.2 Å². The van der Waals surface area contributed by atoms with Crippen molar-refractivity contribution in [2.45, 2.75) is 31.3 Å². The number of carbonyl (C=O) groups is 1. The van der Waals surface area contributed by atoms with Gasteiger partial charge >= 0.3 is 5.97 Å². The maximum absolute atomic E-state index is 10.8. The molecule has 2 aromatic rings. The van der Waals surface area contributed by atoms with Crippen LogP contribution in [0.4, 0.5) is 0 Å². The number of benzene rings is 1. The fourth-order valence-corrected chi connectivity index (χ4v) is 2.64. The van der Waals surface area contributed by atoms with Gasteiger partial charge in [-0.2, -0.15) is 0 Å². The lowest BCUT2D eigenvalue weighted by atomic mass is 9.72. The molecule has 0 aliphatic carbocycles. The first-order valence-corrected chi connectivity index (χ1v) is 6.88. The second-order valence-electron chi connectivity index (χ2n) is 5.40. The Bertz CT molecular complexity index is 544. The predicted molar refractivity (Wildman–Crippen MR) is 80.0 cm³/mol. The van der Waals surface area contributed by atoms with Gasteiger partial charge in [0.25, 0.3) is 0 Å². The maximum Gasteiger partial charge on any atom is 0.305 e. The molecule has 4 nitrogen and oxygen atoms in total. The number of aromatic nitrogens is 1. The summed E-state index contributed by atoms with van der Waals surface area (Å²) in [6.07, 6.45) is 2.62. The van der Waals surface area contributed by atoms with Gasteiger partial charge in [0.1, 0.15) is 0 Å². The van der Waals surface area contributed by atoms with Crippen molar-refractivity contribution in [1.29, 1.82) is 0 Å². The lowest BCUT2D eigenvalue weighted by Gasteiger charge is -2.32. The Morgan fingerprint density at radius 3 is 2.43 bits per heavy atom. The molecule has 0 saturated carbocycles. The first kappa shape index (κ1) is 15.2. The molecule has 0 radical (unpaired) electrons. The number of hydrogen-bond donors (Lipinski definition) is 2. The second-order valence-corrected chi connectivity index (χ2v) is 5.40. The van der Waals surface area contributed by atoms with Crippen molar-refractivity contribution in [1.82, 2.24) is 4.98 Å². The van der Waals surface area contributed by atoms with Gasteiger partial charge in [0.2, 0.25) is 0 Å². The summed E-state index contributed by atoms with van der Waals surface area (Å²) in [7, 11) is 0. The van der Waals surface area contributed by atoms with Crippen molar-refractivity contribution >= 4 is 5.97 Å². The zero-order valence-corrected chi connectivity index (χ0v) is 11.9. The highest BCUT2D eigenvalue weighted by molar-refractivity contribution is 5.67. The molecule has 0 saturated heterocycles. The van der Waals surface area contributed by atoms with Gasteiger partial charge in [0.15, 0.2) is 0 Å². The van der Waals surface area contributed by atoms with Crippen LogP contribution in [0.5, 0.6) is 0 Å². The van der Waals surface area contributed by atoms with E-state index in [4.69, 9.17) is 5.11 Å². The minimum atomic E-state index is -0.996. The molecule has 2 rings (SSSR count). The molecule has 1 heterocycles. The summed E-state index contributed by atoms with van der Waals surface area (Å²) in [6.45, 7) is 2.00. The number of carboxylic acid groups (broad SMARTS) is 1. The summed E-state index contributed by atoms with van der Waals surface area (Å²) in [5, 5.41) is 18.9. The minimum Gasteiger partial charge on any atom is -0.481 e. The number of nitrogens with zero attached hydrogens (tertiary/aromatic N) is 1. The SMILES string of the molecule is CC(CC(O)CC(=O)O)(c1ccccc1)c1cccnc1. The largest absolute Gasteiger partial charge is 0.481 e. The summed E-state index contributed by atoms with van der Waals surface area (Å²) >= 11 is 0. The van der Waals surface area contributed by atoms with E-state index in [1.165, 1.54) is 0 Å². The maximum atomic E-state index is 10.8. The number of aliphatic hydroxyl groups is 1. The molecule has 2 N–H and O–H groups in total. The van der Waals surface area contributed by atoms with Crippen molar-refractivity contribution in [2.75, 3.05) is 0 Å². The summed E-state index contributed by atoms with van der Waals surface area (Å²) in [5.41, 5.74) is 1.51. The van der Waals surface area contributed by atoms with Crippen molar-refractivity contribution in [3.05, 3.63) is 66.0 Å². The lowest BCUT2D eigenvalue weighted by Crippen LogP contribution is -2.30. The first-order chi connectivity index (χ1) is 10.0. The predicted octanol–water partition coefficient (Wildman–Crippen LogP) is 2.61. The minimum absolute atomic E-state index is 0.261. The lowest BCUT2D eigenvalue weighted by molar-refractivity contribution is -0.139. The molecule has 2 atom stereocenters. The van der Waals surface area contributed by atoms with Crippen LogP contribution in [0, 0.1) is 0 Å². The molecule has 0 aliphatic rings. The van der Waals surface area contributed by atoms with E-state index in [0.717, 1.165) is 11.1 Å². The molecule has 0 bridgehead atoms. The van der Waals surface area contributed by atoms with E-state index in [0.29, 0.717) is 6.42 Å². The van der Waals surface area contributed by atoms with E-state index in [2.05, 4.69) is 4.98 Å². The zero-order valence-electron chi connectivity index (χ0n) is 11.9. The number of pyridine rings is 1. The smallest absolute Gasteiger partial charge is 0.305 e. The monoisotopic (exact) mass is 285 g/mol. The van der Waals surface area contributed by atoms with E-state index in [1.807, 2.05) is 49.4 Å². The van der Waals surface area contributed by atoms with Crippen molar-refractivity contribution in [3.8, 4) is 0 Å². The van der Waals surface area contributed by atoms with Gasteiger partial charge in [0, 0.05) is 17.8 Å². The molecule has 4 heteroatoms. The van der Waals surface area contributed by atoms with Crippen LogP contribution in [0.1, 0.15) is 30.9 Å². The van der Waals surface area contributed by atoms with Crippen LogP contribution in [0.25, 0.3) is 0 Å². The molecule has 1 aromatic carbocycles. The Hall–Kier alpha value is -2.20. The van der Waals surface area contributed by atoms with Gasteiger partial charge in [-0.25, -0.2) is 0 Å². The average Bonchev–Trinajstić information content (AvgIpc) is 2.48. The summed E-state index contributed by atoms with van der Waals surface area (Å²) in [6, 6.07) is 13.6. The molecular weight excluding hydrogens is 266 g/mol. The third-order valence-electron chi connectivity index (χ3n) is 3.76. The first-order valence-electron chi connectivity index (χ1n) is 6.88. The van der Waals surface area contributed by atoms with E-state index in [9.17, 15) is 9.90 Å². The average molecular weight is 285 g/mol. The Kier molecular flexibility index (Phi) is 4.70. The standard InChI is InChI=1S/C17H19NO3/c1-17(11-15(19)10-16(20)21,13-6-3-2-4-7-13)14-8-5-9-18-12-14/h2-9,12,15,19H,10-11H2,1H3,(H,20,21). The number of hydrogen-bond acceptors (Lipinski definition) is 3. The van der Waals surface area contributed by atoms with E-state index < -0.39 is 17.5 Å². The van der Waals surface area contributed by atoms with E-state index in [1.54, 1.807) is 12.4 Å². The Labute approximate surface area is 124 Å². The topological polar surface area (TPSA) is 70.4 Å². The quantitative estimate of drug-likeness (QED) is 0.856. The fraction of sp³-hybridized carbons (Fsp3) is 0.294. The highest BCUT2D eigenvalue weighted by atomic mass is 16.4. The zero-order chi connectivity index (χ0) is 15.3. The van der Waals surface area contributed by atoms with Crippen LogP contribution in [-0.2, 0) is 10.2 Å². The van der Waals surface area contributed by atoms with Crippen LogP contribution < -0.4 is 0 Å². The summed E-state index contributed by atoms with van der Waals surface area (Å²) < 4.78 is 0. The van der Waals surface area contributed by atoms with Crippen LogP contribution in [0.15, 0.2) is 54.9 Å². The third-order valence-corrected chi connectivity index (χ3v) is 3.76. The molecule has 0 fully saturated rings. The van der Waals surface area contributed by atoms with E-state index >= 15 is 0 Å². The molecule has 2 unspecified atom stereocenters. The van der Waals surface area contributed by atoms with E-state index in [-0.39, 0.29) is 6.42 Å². The van der Waals surface area contributed by atoms with Crippen molar-refractivity contribution in [2.24, 2.45) is 0 Å².